The zero-order valence-electron chi connectivity index (χ0n) is 16.2. The molecule has 3 rings (SSSR count). The van der Waals surface area contributed by atoms with E-state index in [0.717, 1.165) is 29.9 Å². The van der Waals surface area contributed by atoms with E-state index in [4.69, 9.17) is 0 Å². The SMILES string of the molecule is CC(C)CC1CCC(c2cnc3c(c2)N(O)C(C)CC=N3)CC(C)C1. The van der Waals surface area contributed by atoms with Crippen molar-refractivity contribution in [1.82, 2.24) is 4.98 Å². The van der Waals surface area contributed by atoms with Crippen molar-refractivity contribution in [3.05, 3.63) is 17.8 Å². The van der Waals surface area contributed by atoms with Crippen molar-refractivity contribution < 1.29 is 5.21 Å². The Morgan fingerprint density at radius 2 is 2.04 bits per heavy atom. The molecule has 2 aliphatic rings. The second-order valence-electron chi connectivity index (χ2n) is 8.70. The molecular formula is C21H33N3O. The largest absolute Gasteiger partial charge is 0.288 e. The Labute approximate surface area is 152 Å². The average molecular weight is 344 g/mol. The summed E-state index contributed by atoms with van der Waals surface area (Å²) in [5, 5.41) is 11.8. The minimum Gasteiger partial charge on any atom is -0.288 e. The second kappa shape index (κ2) is 7.86. The zero-order valence-corrected chi connectivity index (χ0v) is 16.2. The van der Waals surface area contributed by atoms with Crippen LogP contribution in [0.4, 0.5) is 11.5 Å². The smallest absolute Gasteiger partial charge is 0.177 e. The second-order valence-corrected chi connectivity index (χ2v) is 8.70. The van der Waals surface area contributed by atoms with Crippen LogP contribution in [-0.2, 0) is 0 Å². The van der Waals surface area contributed by atoms with Gasteiger partial charge in [0.1, 0.15) is 5.69 Å². The Balaban J connectivity index is 1.80. The standard InChI is InChI=1S/C21H33N3O/c1-14(2)9-17-5-6-18(11-15(3)10-17)19-12-20-21(23-13-19)22-8-7-16(4)24(20)25/h8,12-18,25H,5-7,9-11H2,1-4H3. The molecule has 0 bridgehead atoms. The molecule has 4 nitrogen and oxygen atoms in total. The summed E-state index contributed by atoms with van der Waals surface area (Å²) in [5.41, 5.74) is 2.02. The van der Waals surface area contributed by atoms with Gasteiger partial charge >= 0.3 is 0 Å². The fourth-order valence-corrected chi connectivity index (χ4v) is 4.59. The van der Waals surface area contributed by atoms with Gasteiger partial charge < -0.3 is 0 Å². The third-order valence-electron chi connectivity index (χ3n) is 5.81. The van der Waals surface area contributed by atoms with E-state index < -0.39 is 0 Å². The van der Waals surface area contributed by atoms with Gasteiger partial charge in [0.2, 0.25) is 0 Å². The summed E-state index contributed by atoms with van der Waals surface area (Å²) < 4.78 is 0. The lowest BCUT2D eigenvalue weighted by molar-refractivity contribution is 0.225. The lowest BCUT2D eigenvalue weighted by Crippen LogP contribution is -2.29. The summed E-state index contributed by atoms with van der Waals surface area (Å²) in [6.45, 7) is 9.08. The Hall–Kier alpha value is -1.42. The molecule has 0 aromatic carbocycles. The van der Waals surface area contributed by atoms with E-state index in [-0.39, 0.29) is 6.04 Å². The minimum absolute atomic E-state index is 0.0329. The molecular weight excluding hydrogens is 310 g/mol. The topological polar surface area (TPSA) is 48.7 Å². The van der Waals surface area contributed by atoms with E-state index in [2.05, 4.69) is 36.8 Å². The Bertz CT molecular complexity index is 613. The quantitative estimate of drug-likeness (QED) is 0.713. The Morgan fingerprint density at radius 1 is 1.24 bits per heavy atom. The highest BCUT2D eigenvalue weighted by Crippen LogP contribution is 2.41. The molecule has 1 fully saturated rings. The van der Waals surface area contributed by atoms with Crippen molar-refractivity contribution in [3.63, 3.8) is 0 Å². The molecule has 1 saturated carbocycles. The van der Waals surface area contributed by atoms with Gasteiger partial charge in [-0.15, -0.1) is 0 Å². The van der Waals surface area contributed by atoms with Gasteiger partial charge in [0.05, 0.1) is 6.04 Å². The maximum Gasteiger partial charge on any atom is 0.177 e. The van der Waals surface area contributed by atoms with Gasteiger partial charge in [-0.3, -0.25) is 10.3 Å². The molecule has 1 aromatic heterocycles. The lowest BCUT2D eigenvalue weighted by Gasteiger charge is -2.24. The van der Waals surface area contributed by atoms with Crippen molar-refractivity contribution in [2.75, 3.05) is 5.06 Å². The molecule has 2 heterocycles. The number of rotatable bonds is 3. The number of anilines is 1. The first kappa shape index (κ1) is 18.4. The Kier molecular flexibility index (Phi) is 5.78. The van der Waals surface area contributed by atoms with Crippen molar-refractivity contribution in [2.45, 2.75) is 78.2 Å². The molecule has 0 spiro atoms. The summed E-state index contributed by atoms with van der Waals surface area (Å²) >= 11 is 0. The number of pyridine rings is 1. The number of nitrogens with zero attached hydrogens (tertiary/aromatic N) is 3. The van der Waals surface area contributed by atoms with Gasteiger partial charge in [-0.2, -0.15) is 0 Å². The third-order valence-corrected chi connectivity index (χ3v) is 5.81. The van der Waals surface area contributed by atoms with Crippen LogP contribution in [0, 0.1) is 17.8 Å². The molecule has 4 unspecified atom stereocenters. The number of hydroxylamine groups is 1. The van der Waals surface area contributed by atoms with Crippen LogP contribution >= 0.6 is 0 Å². The van der Waals surface area contributed by atoms with E-state index >= 15 is 0 Å². The van der Waals surface area contributed by atoms with Crippen LogP contribution in [0.25, 0.3) is 0 Å². The van der Waals surface area contributed by atoms with Gasteiger partial charge in [0.25, 0.3) is 0 Å². The van der Waals surface area contributed by atoms with Crippen LogP contribution in [0.3, 0.4) is 0 Å². The normalized spacial score (nSPS) is 30.1. The molecule has 0 radical (unpaired) electrons. The summed E-state index contributed by atoms with van der Waals surface area (Å²) in [7, 11) is 0. The average Bonchev–Trinajstić information content (AvgIpc) is 2.82. The molecule has 1 N–H and O–H groups in total. The molecule has 1 aliphatic heterocycles. The molecule has 0 saturated heterocycles. The maximum atomic E-state index is 10.5. The number of fused-ring (bicyclic) bond motifs is 1. The van der Waals surface area contributed by atoms with E-state index in [1.54, 1.807) is 0 Å². The third kappa shape index (κ3) is 4.41. The fraction of sp³-hybridized carbons (Fsp3) is 0.714. The minimum atomic E-state index is 0.0329. The predicted molar refractivity (Wildman–Crippen MR) is 104 cm³/mol. The summed E-state index contributed by atoms with van der Waals surface area (Å²) in [6.07, 6.45) is 11.0. The Morgan fingerprint density at radius 3 is 2.80 bits per heavy atom. The maximum absolute atomic E-state index is 10.5. The number of hydrogen-bond donors (Lipinski definition) is 1. The first-order valence-corrected chi connectivity index (χ1v) is 9.94. The van der Waals surface area contributed by atoms with Gasteiger partial charge in [-0.05, 0) is 74.3 Å². The van der Waals surface area contributed by atoms with Crippen molar-refractivity contribution in [3.8, 4) is 0 Å². The van der Waals surface area contributed by atoms with Gasteiger partial charge in [-0.1, -0.05) is 20.8 Å². The molecule has 138 valence electrons. The van der Waals surface area contributed by atoms with Crippen LogP contribution in [-0.4, -0.2) is 22.4 Å². The summed E-state index contributed by atoms with van der Waals surface area (Å²) in [6, 6.07) is 2.16. The van der Waals surface area contributed by atoms with Crippen molar-refractivity contribution >= 4 is 17.7 Å². The van der Waals surface area contributed by atoms with Crippen LogP contribution in [0.2, 0.25) is 0 Å². The monoisotopic (exact) mass is 343 g/mol. The molecule has 1 aliphatic carbocycles. The number of hydrogen-bond acceptors (Lipinski definition) is 4. The first-order chi connectivity index (χ1) is 11.9. The van der Waals surface area contributed by atoms with Gasteiger partial charge in [0, 0.05) is 18.8 Å². The van der Waals surface area contributed by atoms with E-state index in [9.17, 15) is 5.21 Å². The van der Waals surface area contributed by atoms with Gasteiger partial charge in [0.15, 0.2) is 5.82 Å². The summed E-state index contributed by atoms with van der Waals surface area (Å²) in [5.74, 6) is 3.56. The first-order valence-electron chi connectivity index (χ1n) is 9.94. The highest BCUT2D eigenvalue weighted by Gasteiger charge is 2.27. The lowest BCUT2D eigenvalue weighted by atomic mass is 9.87. The molecule has 1 aromatic rings. The van der Waals surface area contributed by atoms with E-state index in [0.29, 0.717) is 11.7 Å². The zero-order chi connectivity index (χ0) is 18.0. The van der Waals surface area contributed by atoms with Gasteiger partial charge in [-0.25, -0.2) is 9.98 Å². The van der Waals surface area contributed by atoms with Crippen LogP contribution in [0.1, 0.15) is 77.7 Å². The molecule has 4 heteroatoms. The van der Waals surface area contributed by atoms with Crippen LogP contribution in [0.15, 0.2) is 17.3 Å². The van der Waals surface area contributed by atoms with Crippen LogP contribution < -0.4 is 5.06 Å². The van der Waals surface area contributed by atoms with E-state index in [1.807, 2.05) is 19.3 Å². The predicted octanol–water partition coefficient (Wildman–Crippen LogP) is 5.73. The van der Waals surface area contributed by atoms with Crippen molar-refractivity contribution in [1.29, 1.82) is 0 Å². The molecule has 25 heavy (non-hydrogen) atoms. The molecule has 4 atom stereocenters. The summed E-state index contributed by atoms with van der Waals surface area (Å²) in [4.78, 5) is 8.98. The van der Waals surface area contributed by atoms with Crippen molar-refractivity contribution in [2.24, 2.45) is 22.7 Å². The van der Waals surface area contributed by atoms with E-state index in [1.165, 1.54) is 42.7 Å². The number of aromatic nitrogens is 1. The highest BCUT2D eigenvalue weighted by atomic mass is 16.5. The molecule has 0 amide bonds. The highest BCUT2D eigenvalue weighted by molar-refractivity contribution is 5.73. The number of aliphatic imine (C=N–C) groups is 1. The van der Waals surface area contributed by atoms with Crippen LogP contribution in [0.5, 0.6) is 0 Å². The fourth-order valence-electron chi connectivity index (χ4n) is 4.59.